The van der Waals surface area contributed by atoms with Crippen molar-refractivity contribution in [3.8, 4) is 0 Å². The standard InChI is InChI=1S/C20H23FN2O2S/c1-19(2)14-7-8-20(19)12-26(24,25)23(17(20)10-14)11-13-5-6-16(21)15-4-3-9-22-18(13)15/h3-6,9,14,17H,7-8,10-12H2,1-2H3/t14-,17+,20+/m1/s1. The van der Waals surface area contributed by atoms with E-state index in [4.69, 9.17) is 0 Å². The van der Waals surface area contributed by atoms with Crippen LogP contribution in [0.3, 0.4) is 0 Å². The quantitative estimate of drug-likeness (QED) is 0.805. The van der Waals surface area contributed by atoms with E-state index in [0.29, 0.717) is 16.8 Å². The molecule has 0 radical (unpaired) electrons. The molecule has 1 saturated heterocycles. The number of sulfonamides is 1. The number of pyridine rings is 1. The van der Waals surface area contributed by atoms with Crippen molar-refractivity contribution in [2.24, 2.45) is 16.7 Å². The highest BCUT2D eigenvalue weighted by molar-refractivity contribution is 7.89. The van der Waals surface area contributed by atoms with E-state index in [1.54, 1.807) is 28.7 Å². The summed E-state index contributed by atoms with van der Waals surface area (Å²) < 4.78 is 42.0. The number of aromatic nitrogens is 1. The van der Waals surface area contributed by atoms with Crippen LogP contribution in [0.4, 0.5) is 4.39 Å². The molecule has 2 aromatic rings. The topological polar surface area (TPSA) is 50.3 Å². The molecule has 2 bridgehead atoms. The second kappa shape index (κ2) is 5.04. The molecule has 2 saturated carbocycles. The summed E-state index contributed by atoms with van der Waals surface area (Å²) in [6.07, 6.45) is 4.70. The molecule has 26 heavy (non-hydrogen) atoms. The van der Waals surface area contributed by atoms with Crippen molar-refractivity contribution < 1.29 is 12.8 Å². The maximum absolute atomic E-state index is 14.1. The van der Waals surface area contributed by atoms with Gasteiger partial charge in [0.1, 0.15) is 5.82 Å². The molecule has 0 unspecified atom stereocenters. The van der Waals surface area contributed by atoms with Crippen LogP contribution in [0, 0.1) is 22.6 Å². The van der Waals surface area contributed by atoms with E-state index in [9.17, 15) is 12.8 Å². The van der Waals surface area contributed by atoms with Crippen LogP contribution in [-0.2, 0) is 16.6 Å². The lowest BCUT2D eigenvalue weighted by molar-refractivity contribution is 0.112. The van der Waals surface area contributed by atoms with Crippen LogP contribution in [0.15, 0.2) is 30.5 Å². The average Bonchev–Trinajstić information content (AvgIpc) is 3.06. The summed E-state index contributed by atoms with van der Waals surface area (Å²) in [5.74, 6) is 0.521. The Morgan fingerprint density at radius 1 is 1.31 bits per heavy atom. The number of halogens is 1. The highest BCUT2D eigenvalue weighted by Crippen LogP contribution is 2.70. The van der Waals surface area contributed by atoms with Gasteiger partial charge in [-0.3, -0.25) is 4.98 Å². The van der Waals surface area contributed by atoms with E-state index in [1.807, 2.05) is 0 Å². The van der Waals surface area contributed by atoms with Crippen molar-refractivity contribution in [2.75, 3.05) is 5.75 Å². The SMILES string of the molecule is CC1(C)[C@@H]2CC[C@@]13CS(=O)(=O)N(Cc1ccc(F)c4cccnc14)[C@H]3C2. The number of rotatable bonds is 2. The lowest BCUT2D eigenvalue weighted by Crippen LogP contribution is -2.41. The Morgan fingerprint density at radius 2 is 2.12 bits per heavy atom. The monoisotopic (exact) mass is 374 g/mol. The van der Waals surface area contributed by atoms with E-state index >= 15 is 0 Å². The lowest BCUT2D eigenvalue weighted by atomic mass is 9.69. The molecule has 3 fully saturated rings. The predicted octanol–water partition coefficient (Wildman–Crippen LogP) is 3.71. The van der Waals surface area contributed by atoms with Crippen LogP contribution in [0.25, 0.3) is 10.9 Å². The van der Waals surface area contributed by atoms with Gasteiger partial charge < -0.3 is 0 Å². The molecule has 1 aliphatic heterocycles. The van der Waals surface area contributed by atoms with Crippen molar-refractivity contribution in [2.45, 2.75) is 45.7 Å². The van der Waals surface area contributed by atoms with Gasteiger partial charge in [0.25, 0.3) is 0 Å². The zero-order chi connectivity index (χ0) is 18.3. The molecular formula is C20H23FN2O2S. The first kappa shape index (κ1) is 16.6. The number of fused-ring (bicyclic) bond motifs is 2. The minimum Gasteiger partial charge on any atom is -0.256 e. The third-order valence-corrected chi connectivity index (χ3v) is 9.64. The summed E-state index contributed by atoms with van der Waals surface area (Å²) in [4.78, 5) is 4.33. The second-order valence-electron chi connectivity index (χ2n) is 8.77. The first-order valence-corrected chi connectivity index (χ1v) is 10.9. The summed E-state index contributed by atoms with van der Waals surface area (Å²) in [6.45, 7) is 4.78. The highest BCUT2D eigenvalue weighted by atomic mass is 32.2. The fourth-order valence-corrected chi connectivity index (χ4v) is 8.61. The Labute approximate surface area is 153 Å². The molecule has 0 amide bonds. The van der Waals surface area contributed by atoms with E-state index in [0.717, 1.165) is 24.8 Å². The molecule has 6 heteroatoms. The Bertz CT molecular complexity index is 1020. The summed E-state index contributed by atoms with van der Waals surface area (Å²) in [5.41, 5.74) is 1.26. The van der Waals surface area contributed by atoms with Crippen LogP contribution in [0.1, 0.15) is 38.7 Å². The molecule has 3 aliphatic rings. The molecule has 4 nitrogen and oxygen atoms in total. The van der Waals surface area contributed by atoms with Crippen LogP contribution >= 0.6 is 0 Å². The molecule has 1 spiro atoms. The largest absolute Gasteiger partial charge is 0.256 e. The van der Waals surface area contributed by atoms with Gasteiger partial charge in [0.2, 0.25) is 10.0 Å². The van der Waals surface area contributed by atoms with Crippen LogP contribution in [0.2, 0.25) is 0 Å². The lowest BCUT2D eigenvalue weighted by Gasteiger charge is -2.37. The third-order valence-electron chi connectivity index (χ3n) is 7.66. The molecule has 138 valence electrons. The van der Waals surface area contributed by atoms with Gasteiger partial charge in [-0.1, -0.05) is 19.9 Å². The third kappa shape index (κ3) is 1.92. The highest BCUT2D eigenvalue weighted by Gasteiger charge is 2.71. The van der Waals surface area contributed by atoms with E-state index < -0.39 is 10.0 Å². The zero-order valence-corrected chi connectivity index (χ0v) is 15.9. The van der Waals surface area contributed by atoms with Gasteiger partial charge in [0, 0.05) is 29.6 Å². The van der Waals surface area contributed by atoms with Gasteiger partial charge in [0.05, 0.1) is 11.3 Å². The van der Waals surface area contributed by atoms with E-state index in [2.05, 4.69) is 18.8 Å². The van der Waals surface area contributed by atoms with E-state index in [-0.39, 0.29) is 35.0 Å². The number of hydrogen-bond acceptors (Lipinski definition) is 3. The summed E-state index contributed by atoms with van der Waals surface area (Å²) in [5, 5.41) is 0.449. The molecule has 2 aliphatic carbocycles. The van der Waals surface area contributed by atoms with Gasteiger partial charge in [0.15, 0.2) is 0 Å². The summed E-state index contributed by atoms with van der Waals surface area (Å²) in [6, 6.07) is 6.56. The zero-order valence-electron chi connectivity index (χ0n) is 15.1. The fourth-order valence-electron chi connectivity index (χ4n) is 6.08. The van der Waals surface area contributed by atoms with Crippen molar-refractivity contribution in [1.29, 1.82) is 0 Å². The number of nitrogens with zero attached hydrogens (tertiary/aromatic N) is 2. The van der Waals surface area contributed by atoms with Crippen molar-refractivity contribution >= 4 is 20.9 Å². The molecule has 1 aromatic heterocycles. The van der Waals surface area contributed by atoms with Crippen molar-refractivity contribution in [3.05, 3.63) is 41.8 Å². The first-order chi connectivity index (χ1) is 12.3. The van der Waals surface area contributed by atoms with Gasteiger partial charge in [-0.2, -0.15) is 4.31 Å². The molecule has 2 heterocycles. The fraction of sp³-hybridized carbons (Fsp3) is 0.550. The smallest absolute Gasteiger partial charge is 0.215 e. The van der Waals surface area contributed by atoms with Crippen LogP contribution < -0.4 is 0 Å². The van der Waals surface area contributed by atoms with Crippen molar-refractivity contribution in [1.82, 2.24) is 9.29 Å². The van der Waals surface area contributed by atoms with Gasteiger partial charge in [-0.25, -0.2) is 12.8 Å². The summed E-state index contributed by atoms with van der Waals surface area (Å²) in [7, 11) is -3.33. The minimum absolute atomic E-state index is 0.0581. The number of benzene rings is 1. The van der Waals surface area contributed by atoms with Crippen molar-refractivity contribution in [3.63, 3.8) is 0 Å². The Hall–Kier alpha value is -1.53. The molecule has 0 N–H and O–H groups in total. The molecular weight excluding hydrogens is 351 g/mol. The normalized spacial score (nSPS) is 34.4. The maximum Gasteiger partial charge on any atom is 0.215 e. The number of hydrogen-bond donors (Lipinski definition) is 0. The van der Waals surface area contributed by atoms with Crippen LogP contribution in [0.5, 0.6) is 0 Å². The Balaban J connectivity index is 1.59. The minimum atomic E-state index is -3.33. The van der Waals surface area contributed by atoms with Gasteiger partial charge in [-0.05, 0) is 54.4 Å². The van der Waals surface area contributed by atoms with Gasteiger partial charge >= 0.3 is 0 Å². The van der Waals surface area contributed by atoms with Crippen LogP contribution in [-0.4, -0.2) is 29.5 Å². The average molecular weight is 374 g/mol. The summed E-state index contributed by atoms with van der Waals surface area (Å²) >= 11 is 0. The molecule has 5 rings (SSSR count). The second-order valence-corrected chi connectivity index (χ2v) is 10.7. The Morgan fingerprint density at radius 3 is 2.88 bits per heavy atom. The first-order valence-electron chi connectivity index (χ1n) is 9.28. The molecule has 1 aromatic carbocycles. The van der Waals surface area contributed by atoms with E-state index in [1.165, 1.54) is 6.07 Å². The predicted molar refractivity (Wildman–Crippen MR) is 98.4 cm³/mol. The molecule has 3 atom stereocenters. The Kier molecular flexibility index (Phi) is 3.23. The maximum atomic E-state index is 14.1. The van der Waals surface area contributed by atoms with Gasteiger partial charge in [-0.15, -0.1) is 0 Å².